The molecule has 1 fully saturated rings. The monoisotopic (exact) mass is 317 g/mol. The third-order valence-corrected chi connectivity index (χ3v) is 4.07. The maximum Gasteiger partial charge on any atom is 0.279 e. The van der Waals surface area contributed by atoms with Gasteiger partial charge >= 0.3 is 0 Å². The van der Waals surface area contributed by atoms with Crippen molar-refractivity contribution < 1.29 is 14.4 Å². The Kier molecular flexibility index (Phi) is 5.27. The zero-order valence-corrected chi connectivity index (χ0v) is 13.1. The Balaban J connectivity index is 1.94. The van der Waals surface area contributed by atoms with Gasteiger partial charge in [0, 0.05) is 0 Å². The molecule has 1 aromatic rings. The average molecular weight is 318 g/mol. The van der Waals surface area contributed by atoms with Gasteiger partial charge in [-0.2, -0.15) is 0 Å². The van der Waals surface area contributed by atoms with Gasteiger partial charge in [-0.25, -0.2) is 0 Å². The SMILES string of the molecule is C[C@H]1C[NH+](CC(=O)Nc2cccc(Cl)c2Cl)C[C@H](C)O1. The number of carbonyl (C=O) groups is 1. The minimum absolute atomic E-state index is 0.0644. The van der Waals surface area contributed by atoms with Crippen molar-refractivity contribution in [2.75, 3.05) is 25.0 Å². The number of ether oxygens (including phenoxy) is 1. The van der Waals surface area contributed by atoms with Gasteiger partial charge < -0.3 is 15.0 Å². The van der Waals surface area contributed by atoms with Crippen LogP contribution in [0.25, 0.3) is 0 Å². The molecule has 1 aliphatic heterocycles. The molecule has 0 unspecified atom stereocenters. The smallest absolute Gasteiger partial charge is 0.279 e. The molecule has 1 saturated heterocycles. The Labute approximate surface area is 129 Å². The minimum Gasteiger partial charge on any atom is -0.364 e. The maximum atomic E-state index is 12.1. The van der Waals surface area contributed by atoms with Crippen molar-refractivity contribution in [1.29, 1.82) is 0 Å². The van der Waals surface area contributed by atoms with Crippen LogP contribution in [0.15, 0.2) is 18.2 Å². The molecule has 0 spiro atoms. The Morgan fingerprint density at radius 1 is 1.35 bits per heavy atom. The van der Waals surface area contributed by atoms with E-state index in [1.165, 1.54) is 4.90 Å². The number of hydrogen-bond donors (Lipinski definition) is 2. The van der Waals surface area contributed by atoms with Gasteiger partial charge in [0.05, 0.1) is 15.7 Å². The Morgan fingerprint density at radius 3 is 2.65 bits per heavy atom. The fourth-order valence-corrected chi connectivity index (χ4v) is 2.90. The zero-order valence-electron chi connectivity index (χ0n) is 11.6. The Hall–Kier alpha value is -0.810. The number of carbonyl (C=O) groups excluding carboxylic acids is 1. The second kappa shape index (κ2) is 6.76. The summed E-state index contributed by atoms with van der Waals surface area (Å²) in [4.78, 5) is 13.3. The van der Waals surface area contributed by atoms with Gasteiger partial charge in [-0.15, -0.1) is 0 Å². The van der Waals surface area contributed by atoms with Gasteiger partial charge in [-0.3, -0.25) is 4.79 Å². The van der Waals surface area contributed by atoms with E-state index in [0.717, 1.165) is 13.1 Å². The van der Waals surface area contributed by atoms with Crippen molar-refractivity contribution in [3.63, 3.8) is 0 Å². The summed E-state index contributed by atoms with van der Waals surface area (Å²) in [5, 5.41) is 3.62. The predicted molar refractivity (Wildman–Crippen MR) is 80.7 cm³/mol. The second-order valence-corrected chi connectivity index (χ2v) is 6.03. The van der Waals surface area contributed by atoms with E-state index in [0.29, 0.717) is 22.3 Å². The highest BCUT2D eigenvalue weighted by molar-refractivity contribution is 6.43. The zero-order chi connectivity index (χ0) is 14.7. The lowest BCUT2D eigenvalue weighted by Gasteiger charge is -2.31. The van der Waals surface area contributed by atoms with E-state index in [9.17, 15) is 4.79 Å². The van der Waals surface area contributed by atoms with Crippen molar-refractivity contribution >= 4 is 34.8 Å². The molecular formula is C14H19Cl2N2O2+. The first-order valence-electron chi connectivity index (χ1n) is 6.68. The lowest BCUT2D eigenvalue weighted by Crippen LogP contribution is -3.16. The van der Waals surface area contributed by atoms with Gasteiger partial charge in [-0.05, 0) is 26.0 Å². The van der Waals surface area contributed by atoms with Crippen LogP contribution < -0.4 is 10.2 Å². The molecule has 1 heterocycles. The highest BCUT2D eigenvalue weighted by Crippen LogP contribution is 2.29. The molecule has 1 aliphatic rings. The second-order valence-electron chi connectivity index (χ2n) is 5.24. The first-order valence-corrected chi connectivity index (χ1v) is 7.44. The molecule has 1 aromatic carbocycles. The number of rotatable bonds is 3. The third kappa shape index (κ3) is 4.09. The van der Waals surface area contributed by atoms with Crippen LogP contribution in [0, 0.1) is 0 Å². The number of amides is 1. The third-order valence-electron chi connectivity index (χ3n) is 3.25. The number of nitrogens with one attached hydrogen (secondary N) is 2. The Bertz CT molecular complexity index is 486. The highest BCUT2D eigenvalue weighted by Gasteiger charge is 2.27. The highest BCUT2D eigenvalue weighted by atomic mass is 35.5. The molecule has 0 aromatic heterocycles. The first-order chi connectivity index (χ1) is 9.45. The van der Waals surface area contributed by atoms with Crippen LogP contribution in [0.3, 0.4) is 0 Å². The number of benzene rings is 1. The summed E-state index contributed by atoms with van der Waals surface area (Å²) in [6.45, 7) is 6.13. The standard InChI is InChI=1S/C14H18Cl2N2O2/c1-9-6-18(7-10(2)20-9)8-13(19)17-12-5-3-4-11(15)14(12)16/h3-5,9-10H,6-8H2,1-2H3,(H,17,19)/p+1/t9-,10-/m0/s1. The first kappa shape index (κ1) is 15.6. The van der Waals surface area contributed by atoms with E-state index in [2.05, 4.69) is 5.32 Å². The molecule has 20 heavy (non-hydrogen) atoms. The molecule has 1 amide bonds. The minimum atomic E-state index is -0.0644. The van der Waals surface area contributed by atoms with E-state index in [4.69, 9.17) is 27.9 Å². The average Bonchev–Trinajstić information content (AvgIpc) is 2.33. The summed E-state index contributed by atoms with van der Waals surface area (Å²) >= 11 is 12.0. The summed E-state index contributed by atoms with van der Waals surface area (Å²) in [5.74, 6) is -0.0644. The molecular weight excluding hydrogens is 299 g/mol. The summed E-state index contributed by atoms with van der Waals surface area (Å²) in [7, 11) is 0. The van der Waals surface area contributed by atoms with E-state index >= 15 is 0 Å². The molecule has 2 rings (SSSR count). The van der Waals surface area contributed by atoms with E-state index in [1.807, 2.05) is 13.8 Å². The quantitative estimate of drug-likeness (QED) is 0.889. The molecule has 6 heteroatoms. The molecule has 110 valence electrons. The summed E-state index contributed by atoms with van der Waals surface area (Å²) in [5.41, 5.74) is 0.554. The van der Waals surface area contributed by atoms with E-state index in [1.54, 1.807) is 18.2 Å². The van der Waals surface area contributed by atoms with Gasteiger partial charge in [-0.1, -0.05) is 29.3 Å². The van der Waals surface area contributed by atoms with Crippen LogP contribution in [-0.4, -0.2) is 37.7 Å². The van der Waals surface area contributed by atoms with Gasteiger partial charge in [0.2, 0.25) is 0 Å². The fourth-order valence-electron chi connectivity index (χ4n) is 2.56. The number of halogens is 2. The molecule has 0 saturated carbocycles. The van der Waals surface area contributed by atoms with Crippen molar-refractivity contribution in [2.24, 2.45) is 0 Å². The van der Waals surface area contributed by atoms with Crippen LogP contribution in [0.1, 0.15) is 13.8 Å². The Morgan fingerprint density at radius 2 is 2.00 bits per heavy atom. The van der Waals surface area contributed by atoms with Crippen LogP contribution in [0.5, 0.6) is 0 Å². The summed E-state index contributed by atoms with van der Waals surface area (Å²) < 4.78 is 5.66. The normalized spacial score (nSPS) is 26.3. The number of morpholine rings is 1. The largest absolute Gasteiger partial charge is 0.364 e. The molecule has 0 radical (unpaired) electrons. The van der Waals surface area contributed by atoms with Crippen molar-refractivity contribution in [1.82, 2.24) is 0 Å². The summed E-state index contributed by atoms with van der Waals surface area (Å²) in [6.07, 6.45) is 0.354. The summed E-state index contributed by atoms with van der Waals surface area (Å²) in [6, 6.07) is 5.19. The lowest BCUT2D eigenvalue weighted by atomic mass is 10.2. The van der Waals surface area contributed by atoms with Crippen LogP contribution >= 0.6 is 23.2 Å². The molecule has 2 N–H and O–H groups in total. The molecule has 0 aliphatic carbocycles. The van der Waals surface area contributed by atoms with Crippen molar-refractivity contribution in [3.05, 3.63) is 28.2 Å². The van der Waals surface area contributed by atoms with Crippen LogP contribution in [-0.2, 0) is 9.53 Å². The van der Waals surface area contributed by atoms with Crippen LogP contribution in [0.2, 0.25) is 10.0 Å². The van der Waals surface area contributed by atoms with Gasteiger partial charge in [0.15, 0.2) is 6.54 Å². The van der Waals surface area contributed by atoms with Crippen LogP contribution in [0.4, 0.5) is 5.69 Å². The van der Waals surface area contributed by atoms with Gasteiger partial charge in [0.25, 0.3) is 5.91 Å². The number of quaternary nitrogens is 1. The maximum absolute atomic E-state index is 12.1. The lowest BCUT2D eigenvalue weighted by molar-refractivity contribution is -0.907. The number of hydrogen-bond acceptors (Lipinski definition) is 2. The van der Waals surface area contributed by atoms with E-state index < -0.39 is 0 Å². The predicted octanol–water partition coefficient (Wildman–Crippen LogP) is 1.62. The molecule has 0 bridgehead atoms. The molecule has 4 nitrogen and oxygen atoms in total. The number of anilines is 1. The fraction of sp³-hybridized carbons (Fsp3) is 0.500. The van der Waals surface area contributed by atoms with Crippen molar-refractivity contribution in [2.45, 2.75) is 26.1 Å². The van der Waals surface area contributed by atoms with Gasteiger partial charge in [0.1, 0.15) is 25.3 Å². The van der Waals surface area contributed by atoms with Crippen molar-refractivity contribution in [3.8, 4) is 0 Å². The molecule has 2 atom stereocenters. The topological polar surface area (TPSA) is 42.8 Å². The van der Waals surface area contributed by atoms with E-state index in [-0.39, 0.29) is 18.1 Å².